The van der Waals surface area contributed by atoms with Crippen molar-refractivity contribution in [3.63, 3.8) is 0 Å². The number of nitrogens with one attached hydrogen (secondary N) is 1. The Labute approximate surface area is 162 Å². The molecule has 0 saturated heterocycles. The average Bonchev–Trinajstić information content (AvgIpc) is 2.58. The van der Waals surface area contributed by atoms with Crippen molar-refractivity contribution in [1.82, 2.24) is 9.97 Å². The van der Waals surface area contributed by atoms with Crippen LogP contribution >= 0.6 is 31.9 Å². The molecule has 2 aromatic carbocycles. The summed E-state index contributed by atoms with van der Waals surface area (Å²) < 4.78 is 1.38. The maximum absolute atomic E-state index is 10.3. The second-order valence-electron chi connectivity index (χ2n) is 5.28. The molecule has 0 atom stereocenters. The van der Waals surface area contributed by atoms with E-state index >= 15 is 0 Å². The molecule has 0 aliphatic rings. The molecule has 0 bridgehead atoms. The van der Waals surface area contributed by atoms with Crippen LogP contribution in [0.2, 0.25) is 0 Å². The summed E-state index contributed by atoms with van der Waals surface area (Å²) in [6.07, 6.45) is 1.71. The second kappa shape index (κ2) is 7.76. The number of nitrogens with zero attached hydrogens (tertiary/aromatic N) is 3. The van der Waals surface area contributed by atoms with E-state index in [0.717, 1.165) is 15.7 Å². The number of phenolic OH excluding ortho intramolecular Hbond substituents is 1. The Kier molecular flexibility index (Phi) is 5.45. The average molecular weight is 462 g/mol. The molecule has 0 unspecified atom stereocenters. The molecule has 0 amide bonds. The van der Waals surface area contributed by atoms with Crippen LogP contribution < -0.4 is 5.43 Å². The van der Waals surface area contributed by atoms with Crippen LogP contribution in [0, 0.1) is 6.92 Å². The van der Waals surface area contributed by atoms with E-state index in [1.165, 1.54) is 0 Å². The fourth-order valence-corrected chi connectivity index (χ4v) is 3.42. The molecule has 126 valence electrons. The van der Waals surface area contributed by atoms with Crippen molar-refractivity contribution >= 4 is 43.9 Å². The van der Waals surface area contributed by atoms with Gasteiger partial charge in [-0.2, -0.15) is 5.10 Å². The third-order valence-corrected chi connectivity index (χ3v) is 4.38. The number of halogens is 2. The first-order valence-electron chi connectivity index (χ1n) is 7.41. The highest BCUT2D eigenvalue weighted by Crippen LogP contribution is 2.37. The van der Waals surface area contributed by atoms with E-state index in [4.69, 9.17) is 0 Å². The third kappa shape index (κ3) is 4.43. The summed E-state index contributed by atoms with van der Waals surface area (Å²) in [5.74, 6) is 1.05. The molecule has 5 nitrogen and oxygen atoms in total. The van der Waals surface area contributed by atoms with Gasteiger partial charge in [0, 0.05) is 16.2 Å². The highest BCUT2D eigenvalue weighted by Gasteiger charge is 2.13. The number of aryl methyl sites for hydroxylation is 1. The number of rotatable bonds is 4. The summed E-state index contributed by atoms with van der Waals surface area (Å²) in [6.45, 7) is 1.86. The minimum Gasteiger partial charge on any atom is -0.506 e. The van der Waals surface area contributed by atoms with Crippen LogP contribution in [-0.4, -0.2) is 21.3 Å². The molecule has 0 fully saturated rings. The Morgan fingerprint density at radius 3 is 2.60 bits per heavy atom. The predicted octanol–water partition coefficient (Wildman–Crippen LogP) is 5.13. The van der Waals surface area contributed by atoms with Crippen molar-refractivity contribution in [2.75, 3.05) is 5.43 Å². The molecule has 0 aliphatic carbocycles. The van der Waals surface area contributed by atoms with E-state index in [0.29, 0.717) is 21.7 Å². The molecule has 1 heterocycles. The summed E-state index contributed by atoms with van der Waals surface area (Å²) in [7, 11) is 0. The van der Waals surface area contributed by atoms with Crippen molar-refractivity contribution in [1.29, 1.82) is 0 Å². The maximum atomic E-state index is 10.3. The lowest BCUT2D eigenvalue weighted by Crippen LogP contribution is -1.99. The van der Waals surface area contributed by atoms with Crippen molar-refractivity contribution in [2.45, 2.75) is 6.92 Å². The lowest BCUT2D eigenvalue weighted by Gasteiger charge is -2.09. The molecule has 3 aromatic rings. The molecule has 0 spiro atoms. The van der Waals surface area contributed by atoms with Gasteiger partial charge in [-0.1, -0.05) is 46.3 Å². The Morgan fingerprint density at radius 2 is 1.84 bits per heavy atom. The molecule has 1 aromatic heterocycles. The fourth-order valence-electron chi connectivity index (χ4n) is 2.19. The van der Waals surface area contributed by atoms with E-state index in [-0.39, 0.29) is 5.75 Å². The first-order valence-corrected chi connectivity index (χ1v) is 9.00. The Morgan fingerprint density at radius 1 is 1.08 bits per heavy atom. The van der Waals surface area contributed by atoms with Gasteiger partial charge in [-0.25, -0.2) is 9.97 Å². The van der Waals surface area contributed by atoms with Crippen molar-refractivity contribution in [2.24, 2.45) is 5.10 Å². The number of aromatic nitrogens is 2. The van der Waals surface area contributed by atoms with Crippen LogP contribution in [0.1, 0.15) is 11.3 Å². The Balaban J connectivity index is 1.90. The van der Waals surface area contributed by atoms with Crippen LogP contribution in [0.4, 0.5) is 5.82 Å². The lowest BCUT2D eigenvalue weighted by atomic mass is 10.2. The lowest BCUT2D eigenvalue weighted by molar-refractivity contribution is 0.473. The number of anilines is 1. The number of hydrogen-bond acceptors (Lipinski definition) is 5. The molecular formula is C18H14Br2N4O. The van der Waals surface area contributed by atoms with E-state index < -0.39 is 0 Å². The van der Waals surface area contributed by atoms with Gasteiger partial charge in [0.2, 0.25) is 0 Å². The third-order valence-electron chi connectivity index (χ3n) is 3.32. The van der Waals surface area contributed by atoms with E-state index in [1.54, 1.807) is 24.4 Å². The first-order chi connectivity index (χ1) is 12.0. The minimum atomic E-state index is 0.0903. The first kappa shape index (κ1) is 17.6. The van der Waals surface area contributed by atoms with E-state index in [9.17, 15) is 5.11 Å². The summed E-state index contributed by atoms with van der Waals surface area (Å²) in [4.78, 5) is 8.85. The van der Waals surface area contributed by atoms with Crippen molar-refractivity contribution < 1.29 is 5.11 Å². The quantitative estimate of drug-likeness (QED) is 0.417. The smallest absolute Gasteiger partial charge is 0.165 e. The zero-order chi connectivity index (χ0) is 17.8. The topological polar surface area (TPSA) is 70.4 Å². The van der Waals surface area contributed by atoms with E-state index in [2.05, 4.69) is 52.4 Å². The van der Waals surface area contributed by atoms with Crippen LogP contribution in [0.15, 0.2) is 62.6 Å². The van der Waals surface area contributed by atoms with Gasteiger partial charge in [0.1, 0.15) is 5.75 Å². The monoisotopic (exact) mass is 460 g/mol. The maximum Gasteiger partial charge on any atom is 0.165 e. The molecule has 0 radical (unpaired) electrons. The van der Waals surface area contributed by atoms with Gasteiger partial charge in [-0.15, -0.1) is 0 Å². The molecular weight excluding hydrogens is 448 g/mol. The van der Waals surface area contributed by atoms with Gasteiger partial charge in [0.15, 0.2) is 11.6 Å². The van der Waals surface area contributed by atoms with Gasteiger partial charge in [-0.05, 0) is 40.5 Å². The molecule has 0 aliphatic heterocycles. The van der Waals surface area contributed by atoms with Crippen LogP contribution in [0.3, 0.4) is 0 Å². The number of benzene rings is 2. The van der Waals surface area contributed by atoms with Crippen molar-refractivity contribution in [3.8, 4) is 17.1 Å². The van der Waals surface area contributed by atoms with Crippen LogP contribution in [0.25, 0.3) is 11.4 Å². The minimum absolute atomic E-state index is 0.0903. The van der Waals surface area contributed by atoms with E-state index in [1.807, 2.05) is 37.3 Å². The van der Waals surface area contributed by atoms with Gasteiger partial charge in [-0.3, -0.25) is 5.43 Å². The number of hydrogen-bond donors (Lipinski definition) is 2. The largest absolute Gasteiger partial charge is 0.506 e. The fraction of sp³-hybridized carbons (Fsp3) is 0.0556. The highest BCUT2D eigenvalue weighted by molar-refractivity contribution is 9.11. The predicted molar refractivity (Wildman–Crippen MR) is 107 cm³/mol. The number of aromatic hydroxyl groups is 1. The molecule has 2 N–H and O–H groups in total. The summed E-state index contributed by atoms with van der Waals surface area (Å²) >= 11 is 6.74. The zero-order valence-electron chi connectivity index (χ0n) is 13.2. The van der Waals surface area contributed by atoms with Crippen LogP contribution in [0.5, 0.6) is 5.75 Å². The molecule has 25 heavy (non-hydrogen) atoms. The SMILES string of the molecule is Cc1cc(N/N=C/c2ccccc2)nc(-c2cc(Br)cc(Br)c2O)n1. The zero-order valence-corrected chi connectivity index (χ0v) is 16.4. The Bertz CT molecular complexity index is 930. The van der Waals surface area contributed by atoms with Gasteiger partial charge in [0.05, 0.1) is 16.3 Å². The highest BCUT2D eigenvalue weighted by atomic mass is 79.9. The summed E-state index contributed by atoms with van der Waals surface area (Å²) in [5.41, 5.74) is 5.18. The van der Waals surface area contributed by atoms with Crippen LogP contribution in [-0.2, 0) is 0 Å². The summed E-state index contributed by atoms with van der Waals surface area (Å²) in [5, 5.41) is 14.5. The standard InChI is InChI=1S/C18H14Br2N4O/c1-11-7-16(24-21-10-12-5-3-2-4-6-12)23-18(22-11)14-8-13(19)9-15(20)17(14)25/h2-10,25H,1H3,(H,22,23,24)/b21-10+. The normalized spacial score (nSPS) is 11.0. The van der Waals surface area contributed by atoms with Gasteiger partial charge in [0.25, 0.3) is 0 Å². The van der Waals surface area contributed by atoms with Crippen molar-refractivity contribution in [3.05, 3.63) is 68.7 Å². The number of phenols is 1. The van der Waals surface area contributed by atoms with Gasteiger partial charge < -0.3 is 5.11 Å². The second-order valence-corrected chi connectivity index (χ2v) is 7.05. The molecule has 7 heteroatoms. The summed E-state index contributed by atoms with van der Waals surface area (Å²) in [6, 6.07) is 15.1. The molecule has 3 rings (SSSR count). The number of hydrazone groups is 1. The molecule has 0 saturated carbocycles. The Hall–Kier alpha value is -2.25. The van der Waals surface area contributed by atoms with Gasteiger partial charge >= 0.3 is 0 Å².